The van der Waals surface area contributed by atoms with Gasteiger partial charge in [-0.05, 0) is 12.1 Å². The lowest BCUT2D eigenvalue weighted by atomic mass is 10.1. The number of rotatable bonds is 5. The van der Waals surface area contributed by atoms with Crippen LogP contribution in [0.25, 0.3) is 0 Å². The minimum atomic E-state index is -0.311. The maximum absolute atomic E-state index is 12.0. The first-order chi connectivity index (χ1) is 9.65. The largest absolute Gasteiger partial charge is 0.497 e. The van der Waals surface area contributed by atoms with E-state index in [9.17, 15) is 9.59 Å². The molecule has 5 nitrogen and oxygen atoms in total. The number of anilines is 1. The number of amides is 2. The van der Waals surface area contributed by atoms with Crippen LogP contribution in [0.5, 0.6) is 5.75 Å². The third kappa shape index (κ3) is 2.99. The maximum atomic E-state index is 12.0. The fraction of sp³-hybridized carbons (Fsp3) is 0.333. The van der Waals surface area contributed by atoms with Crippen LogP contribution in [0.1, 0.15) is 6.42 Å². The van der Waals surface area contributed by atoms with Crippen molar-refractivity contribution < 1.29 is 14.3 Å². The molecular formula is C15H18N2O3. The molecule has 2 rings (SSSR count). The van der Waals surface area contributed by atoms with Crippen LogP contribution in [0.15, 0.2) is 36.9 Å². The van der Waals surface area contributed by atoms with Gasteiger partial charge in [0.15, 0.2) is 0 Å². The average Bonchev–Trinajstić information content (AvgIpc) is 2.87. The summed E-state index contributed by atoms with van der Waals surface area (Å²) in [6.45, 7) is 4.37. The first kappa shape index (κ1) is 14.1. The summed E-state index contributed by atoms with van der Waals surface area (Å²) in [5.74, 6) is 0.226. The highest BCUT2D eigenvalue weighted by atomic mass is 16.5. The number of nitrogens with zero attached hydrogens (tertiary/aromatic N) is 1. The topological polar surface area (TPSA) is 58.6 Å². The zero-order valence-corrected chi connectivity index (χ0v) is 11.5. The van der Waals surface area contributed by atoms with Crippen LogP contribution in [0, 0.1) is 5.92 Å². The minimum absolute atomic E-state index is 0.0444. The summed E-state index contributed by atoms with van der Waals surface area (Å²) >= 11 is 0. The lowest BCUT2D eigenvalue weighted by Crippen LogP contribution is -2.32. The van der Waals surface area contributed by atoms with E-state index in [1.807, 2.05) is 18.2 Å². The SMILES string of the molecule is C=CCNC(=O)[C@@H]1CC(=O)N(c2cccc(OC)c2)C1. The van der Waals surface area contributed by atoms with Crippen molar-refractivity contribution in [3.63, 3.8) is 0 Å². The molecule has 1 aromatic carbocycles. The van der Waals surface area contributed by atoms with Crippen LogP contribution < -0.4 is 15.0 Å². The Morgan fingerprint density at radius 3 is 3.10 bits per heavy atom. The fourth-order valence-corrected chi connectivity index (χ4v) is 2.23. The Balaban J connectivity index is 2.08. The highest BCUT2D eigenvalue weighted by Gasteiger charge is 2.34. The summed E-state index contributed by atoms with van der Waals surface area (Å²) in [6.07, 6.45) is 1.86. The molecule has 2 amide bonds. The molecular weight excluding hydrogens is 256 g/mol. The third-order valence-corrected chi connectivity index (χ3v) is 3.28. The summed E-state index contributed by atoms with van der Waals surface area (Å²) in [5.41, 5.74) is 0.758. The predicted octanol–water partition coefficient (Wildman–Crippen LogP) is 1.35. The second kappa shape index (κ2) is 6.23. The zero-order valence-electron chi connectivity index (χ0n) is 11.5. The Labute approximate surface area is 118 Å². The fourth-order valence-electron chi connectivity index (χ4n) is 2.23. The van der Waals surface area contributed by atoms with Gasteiger partial charge in [-0.25, -0.2) is 0 Å². The molecule has 0 aromatic heterocycles. The Kier molecular flexibility index (Phi) is 4.40. The van der Waals surface area contributed by atoms with Gasteiger partial charge in [-0.3, -0.25) is 9.59 Å². The Morgan fingerprint density at radius 1 is 1.60 bits per heavy atom. The minimum Gasteiger partial charge on any atom is -0.497 e. The summed E-state index contributed by atoms with van der Waals surface area (Å²) in [4.78, 5) is 25.6. The molecule has 0 radical (unpaired) electrons. The van der Waals surface area contributed by atoms with Gasteiger partial charge >= 0.3 is 0 Å². The van der Waals surface area contributed by atoms with E-state index >= 15 is 0 Å². The number of ether oxygens (including phenoxy) is 1. The van der Waals surface area contributed by atoms with E-state index in [-0.39, 0.29) is 24.2 Å². The number of benzene rings is 1. The molecule has 1 aliphatic heterocycles. The smallest absolute Gasteiger partial charge is 0.227 e. The quantitative estimate of drug-likeness (QED) is 0.825. The number of hydrogen-bond acceptors (Lipinski definition) is 3. The van der Waals surface area contributed by atoms with Crippen molar-refractivity contribution in [2.45, 2.75) is 6.42 Å². The summed E-state index contributed by atoms with van der Waals surface area (Å²) in [6, 6.07) is 7.28. The number of nitrogens with one attached hydrogen (secondary N) is 1. The molecule has 1 N–H and O–H groups in total. The number of hydrogen-bond donors (Lipinski definition) is 1. The summed E-state index contributed by atoms with van der Waals surface area (Å²) < 4.78 is 5.15. The third-order valence-electron chi connectivity index (χ3n) is 3.28. The van der Waals surface area contributed by atoms with Crippen molar-refractivity contribution in [3.8, 4) is 5.75 Å². The van der Waals surface area contributed by atoms with Gasteiger partial charge in [-0.1, -0.05) is 12.1 Å². The molecule has 0 spiro atoms. The van der Waals surface area contributed by atoms with Crippen molar-refractivity contribution in [1.82, 2.24) is 5.32 Å². The molecule has 1 aromatic rings. The first-order valence-electron chi connectivity index (χ1n) is 6.48. The van der Waals surface area contributed by atoms with Crippen LogP contribution in [-0.4, -0.2) is 32.0 Å². The van der Waals surface area contributed by atoms with Crippen molar-refractivity contribution in [2.24, 2.45) is 5.92 Å². The van der Waals surface area contributed by atoms with Gasteiger partial charge in [0.2, 0.25) is 11.8 Å². The van der Waals surface area contributed by atoms with Crippen molar-refractivity contribution in [3.05, 3.63) is 36.9 Å². The van der Waals surface area contributed by atoms with Crippen molar-refractivity contribution in [1.29, 1.82) is 0 Å². The normalized spacial score (nSPS) is 17.9. The van der Waals surface area contributed by atoms with E-state index in [2.05, 4.69) is 11.9 Å². The van der Waals surface area contributed by atoms with Gasteiger partial charge in [0.1, 0.15) is 5.75 Å². The standard InChI is InChI=1S/C15H18N2O3/c1-3-7-16-15(19)11-8-14(18)17(10-11)12-5-4-6-13(9-12)20-2/h3-6,9,11H,1,7-8,10H2,2H3,(H,16,19)/t11-/m1/s1. The highest BCUT2D eigenvalue weighted by Crippen LogP contribution is 2.27. The van der Waals surface area contributed by atoms with Crippen molar-refractivity contribution >= 4 is 17.5 Å². The first-order valence-corrected chi connectivity index (χ1v) is 6.48. The molecule has 106 valence electrons. The summed E-state index contributed by atoms with van der Waals surface area (Å²) in [7, 11) is 1.58. The highest BCUT2D eigenvalue weighted by molar-refractivity contribution is 6.00. The molecule has 0 aliphatic carbocycles. The molecule has 1 atom stereocenters. The van der Waals surface area contributed by atoms with Gasteiger partial charge in [0.05, 0.1) is 13.0 Å². The van der Waals surface area contributed by atoms with Crippen LogP contribution in [-0.2, 0) is 9.59 Å². The van der Waals surface area contributed by atoms with Crippen LogP contribution in [0.3, 0.4) is 0 Å². The van der Waals surface area contributed by atoms with E-state index in [4.69, 9.17) is 4.74 Å². The second-order valence-electron chi connectivity index (χ2n) is 4.64. The van der Waals surface area contributed by atoms with Crippen LogP contribution in [0.4, 0.5) is 5.69 Å². The van der Waals surface area contributed by atoms with E-state index in [1.165, 1.54) is 0 Å². The average molecular weight is 274 g/mol. The second-order valence-corrected chi connectivity index (χ2v) is 4.64. The predicted molar refractivity (Wildman–Crippen MR) is 76.7 cm³/mol. The Hall–Kier alpha value is -2.30. The molecule has 0 unspecified atom stereocenters. The number of carbonyl (C=O) groups excluding carboxylic acids is 2. The van der Waals surface area contributed by atoms with Gasteiger partial charge < -0.3 is 15.0 Å². The molecule has 1 heterocycles. The Morgan fingerprint density at radius 2 is 2.40 bits per heavy atom. The van der Waals surface area contributed by atoms with Crippen LogP contribution >= 0.6 is 0 Å². The van der Waals surface area contributed by atoms with E-state index in [0.29, 0.717) is 18.8 Å². The lowest BCUT2D eigenvalue weighted by molar-refractivity contribution is -0.126. The van der Waals surface area contributed by atoms with Gasteiger partial charge in [-0.15, -0.1) is 6.58 Å². The molecule has 1 aliphatic rings. The van der Waals surface area contributed by atoms with Crippen LogP contribution in [0.2, 0.25) is 0 Å². The molecule has 5 heteroatoms. The molecule has 1 fully saturated rings. The van der Waals surface area contributed by atoms with E-state index < -0.39 is 0 Å². The summed E-state index contributed by atoms with van der Waals surface area (Å²) in [5, 5.41) is 2.73. The molecule has 1 saturated heterocycles. The molecule has 20 heavy (non-hydrogen) atoms. The maximum Gasteiger partial charge on any atom is 0.227 e. The molecule has 0 saturated carbocycles. The zero-order chi connectivity index (χ0) is 14.5. The number of methoxy groups -OCH3 is 1. The lowest BCUT2D eigenvalue weighted by Gasteiger charge is -2.17. The molecule has 0 bridgehead atoms. The van der Waals surface area contributed by atoms with Gasteiger partial charge in [0, 0.05) is 31.3 Å². The number of carbonyl (C=O) groups is 2. The van der Waals surface area contributed by atoms with E-state index in [0.717, 1.165) is 5.69 Å². The van der Waals surface area contributed by atoms with Gasteiger partial charge in [0.25, 0.3) is 0 Å². The monoisotopic (exact) mass is 274 g/mol. The van der Waals surface area contributed by atoms with E-state index in [1.54, 1.807) is 24.2 Å². The Bertz CT molecular complexity index is 528. The van der Waals surface area contributed by atoms with Crippen molar-refractivity contribution in [2.75, 3.05) is 25.1 Å². The van der Waals surface area contributed by atoms with Gasteiger partial charge in [-0.2, -0.15) is 0 Å².